The first-order valence-electron chi connectivity index (χ1n) is 13.2. The van der Waals surface area contributed by atoms with E-state index >= 15 is 0 Å². The molecule has 0 amide bonds. The summed E-state index contributed by atoms with van der Waals surface area (Å²) in [5.41, 5.74) is 7.62. The van der Waals surface area contributed by atoms with Gasteiger partial charge in [-0.3, -0.25) is 4.57 Å². The molecule has 0 saturated heterocycles. The maximum atomic E-state index is 9.90. The summed E-state index contributed by atoms with van der Waals surface area (Å²) in [6.07, 6.45) is 5.50. The third-order valence-corrected chi connectivity index (χ3v) is 6.68. The van der Waals surface area contributed by atoms with Crippen molar-refractivity contribution in [2.75, 3.05) is 0 Å². The number of aromatic hydroxyl groups is 1. The van der Waals surface area contributed by atoms with Crippen LogP contribution < -0.4 is 0 Å². The van der Waals surface area contributed by atoms with Gasteiger partial charge in [-0.2, -0.15) is 0 Å². The monoisotopic (exact) mass is 703 g/mol. The number of aromatic nitrogens is 3. The first-order valence-corrected chi connectivity index (χ1v) is 13.2. The molecule has 0 unspecified atom stereocenters. The molecule has 0 aliphatic carbocycles. The van der Waals surface area contributed by atoms with Crippen LogP contribution in [-0.4, -0.2) is 19.6 Å². The Balaban J connectivity index is 0.000000182. The zero-order chi connectivity index (χ0) is 27.4. The van der Waals surface area contributed by atoms with Gasteiger partial charge in [0.1, 0.15) is 11.6 Å². The molecule has 40 heavy (non-hydrogen) atoms. The summed E-state index contributed by atoms with van der Waals surface area (Å²) >= 11 is 0. The number of hydrogen-bond donors (Lipinski definition) is 1. The third kappa shape index (κ3) is 6.39. The first kappa shape index (κ1) is 28.9. The molecule has 2 aromatic heterocycles. The average molecular weight is 703 g/mol. The number of rotatable bonds is 4. The van der Waals surface area contributed by atoms with Crippen LogP contribution >= 0.6 is 0 Å². The molecule has 4 aromatic carbocycles. The normalized spacial score (nSPS) is 10.6. The zero-order valence-electron chi connectivity index (χ0n) is 23.1. The molecular weight excluding hydrogens is 671 g/mol. The molecule has 6 aromatic rings. The zero-order valence-corrected chi connectivity index (χ0v) is 25.5. The summed E-state index contributed by atoms with van der Waals surface area (Å²) in [5, 5.41) is 12.3. The Morgan fingerprint density at radius 1 is 0.800 bits per heavy atom. The maximum Gasteiger partial charge on any atom is 0.148 e. The summed E-state index contributed by atoms with van der Waals surface area (Å²) in [6.45, 7) is 8.65. The molecule has 1 N–H and O–H groups in total. The van der Waals surface area contributed by atoms with E-state index in [2.05, 4.69) is 80.1 Å². The van der Waals surface area contributed by atoms with E-state index in [1.165, 1.54) is 21.9 Å². The van der Waals surface area contributed by atoms with Crippen molar-refractivity contribution in [3.05, 3.63) is 132 Å². The number of aryl methyl sites for hydroxylation is 2. The second-order valence-corrected chi connectivity index (χ2v) is 10.0. The van der Waals surface area contributed by atoms with E-state index in [1.807, 2.05) is 59.4 Å². The van der Waals surface area contributed by atoms with Crippen LogP contribution in [0.2, 0.25) is 0 Å². The molecule has 4 nitrogen and oxygen atoms in total. The van der Waals surface area contributed by atoms with Gasteiger partial charge in [-0.15, -0.1) is 34.9 Å². The predicted octanol–water partition coefficient (Wildman–Crippen LogP) is 8.68. The second kappa shape index (κ2) is 12.9. The van der Waals surface area contributed by atoms with Crippen molar-refractivity contribution in [3.63, 3.8) is 0 Å². The molecule has 6 rings (SSSR count). The molecule has 0 atom stereocenters. The van der Waals surface area contributed by atoms with Crippen LogP contribution in [0.4, 0.5) is 0 Å². The van der Waals surface area contributed by atoms with E-state index < -0.39 is 0 Å². The van der Waals surface area contributed by atoms with Gasteiger partial charge >= 0.3 is 0 Å². The Morgan fingerprint density at radius 3 is 2.27 bits per heavy atom. The van der Waals surface area contributed by atoms with Gasteiger partial charge in [0.05, 0.1) is 5.56 Å². The minimum absolute atomic E-state index is 0. The van der Waals surface area contributed by atoms with Gasteiger partial charge in [-0.05, 0) is 58.3 Å². The van der Waals surface area contributed by atoms with Gasteiger partial charge in [0, 0.05) is 44.4 Å². The van der Waals surface area contributed by atoms with Crippen LogP contribution in [0.15, 0.2) is 110 Å². The third-order valence-electron chi connectivity index (χ3n) is 6.68. The topological polar surface area (TPSA) is 50.9 Å². The van der Waals surface area contributed by atoms with Crippen molar-refractivity contribution in [2.45, 2.75) is 33.6 Å². The summed E-state index contributed by atoms with van der Waals surface area (Å²) in [6, 6.07) is 33.7. The van der Waals surface area contributed by atoms with Crippen LogP contribution in [0.25, 0.3) is 39.1 Å². The molecular formula is C35H32IrN3O-. The molecule has 0 spiro atoms. The van der Waals surface area contributed by atoms with Gasteiger partial charge in [0.15, 0.2) is 0 Å². The first-order chi connectivity index (χ1) is 18.9. The Morgan fingerprint density at radius 2 is 1.55 bits per heavy atom. The molecule has 0 fully saturated rings. The summed E-state index contributed by atoms with van der Waals surface area (Å²) in [4.78, 5) is 8.96. The van der Waals surface area contributed by atoms with Gasteiger partial charge < -0.3 is 10.1 Å². The number of phenols is 1. The van der Waals surface area contributed by atoms with Crippen LogP contribution in [0.1, 0.15) is 36.5 Å². The van der Waals surface area contributed by atoms with Crippen molar-refractivity contribution < 1.29 is 25.2 Å². The van der Waals surface area contributed by atoms with E-state index in [0.717, 1.165) is 33.9 Å². The number of nitrogens with zero attached hydrogens (tertiary/aromatic N) is 3. The van der Waals surface area contributed by atoms with E-state index in [0.29, 0.717) is 5.92 Å². The van der Waals surface area contributed by atoms with Crippen molar-refractivity contribution in [3.8, 4) is 34.1 Å². The van der Waals surface area contributed by atoms with Crippen molar-refractivity contribution >= 4 is 10.8 Å². The van der Waals surface area contributed by atoms with Gasteiger partial charge in [0.25, 0.3) is 0 Å². The number of benzene rings is 4. The molecule has 5 heteroatoms. The molecule has 2 heterocycles. The number of hydrogen-bond acceptors (Lipinski definition) is 3. The largest absolute Gasteiger partial charge is 0.507 e. The molecule has 203 valence electrons. The summed E-state index contributed by atoms with van der Waals surface area (Å²) in [7, 11) is 0. The Labute approximate surface area is 249 Å². The van der Waals surface area contributed by atoms with E-state index in [9.17, 15) is 5.11 Å². The summed E-state index contributed by atoms with van der Waals surface area (Å²) in [5.74, 6) is 1.49. The van der Waals surface area contributed by atoms with E-state index in [-0.39, 0.29) is 25.9 Å². The Kier molecular flexibility index (Phi) is 9.31. The maximum absolute atomic E-state index is 9.90. The number of pyridine rings is 1. The fourth-order valence-corrected chi connectivity index (χ4v) is 4.75. The van der Waals surface area contributed by atoms with Gasteiger partial charge in [-0.1, -0.05) is 76.2 Å². The van der Waals surface area contributed by atoms with Crippen molar-refractivity contribution in [2.24, 2.45) is 0 Å². The van der Waals surface area contributed by atoms with Crippen LogP contribution in [0.3, 0.4) is 0 Å². The van der Waals surface area contributed by atoms with E-state index in [4.69, 9.17) is 0 Å². The smallest absolute Gasteiger partial charge is 0.148 e. The fraction of sp³-hybridized carbons (Fsp3) is 0.143. The number of imidazole rings is 1. The molecule has 0 aliphatic heterocycles. The van der Waals surface area contributed by atoms with Crippen LogP contribution in [0, 0.1) is 19.9 Å². The molecule has 0 saturated carbocycles. The predicted molar refractivity (Wildman–Crippen MR) is 160 cm³/mol. The SMILES string of the molecule is Cc1[c-]c(-c2nccc3ccc(C(C)C)cc23)cc(C)c1.Oc1ccccc1-c1nccn1-c1ccccc1.[Ir]. The standard InChI is InChI=1S/C20H20N.C15H12N2O.Ir/c1-13(2)17-6-5-16-7-8-21-20(19(16)12-17)18-10-14(3)9-15(4)11-18;18-14-9-5-4-8-13(14)15-16-10-11-17(15)12-6-2-1-3-7-12;/h5-10,12-13H,1-4H3;1-11,18H;/q-1;;. The van der Waals surface area contributed by atoms with Crippen molar-refractivity contribution in [1.82, 2.24) is 14.5 Å². The Bertz CT molecular complexity index is 1700. The number of fused-ring (bicyclic) bond motifs is 1. The van der Waals surface area contributed by atoms with Crippen LogP contribution in [0.5, 0.6) is 5.75 Å². The van der Waals surface area contributed by atoms with E-state index in [1.54, 1.807) is 18.3 Å². The quantitative estimate of drug-likeness (QED) is 0.187. The Hall–Kier alpha value is -4.05. The number of phenolic OH excluding ortho intramolecular Hbond substituents is 1. The minimum atomic E-state index is 0. The second-order valence-electron chi connectivity index (χ2n) is 10.0. The minimum Gasteiger partial charge on any atom is -0.507 e. The molecule has 1 radical (unpaired) electrons. The molecule has 0 bridgehead atoms. The number of para-hydroxylation sites is 2. The van der Waals surface area contributed by atoms with Crippen LogP contribution in [-0.2, 0) is 20.1 Å². The van der Waals surface area contributed by atoms with Gasteiger partial charge in [0.2, 0.25) is 0 Å². The van der Waals surface area contributed by atoms with Crippen molar-refractivity contribution in [1.29, 1.82) is 0 Å². The fourth-order valence-electron chi connectivity index (χ4n) is 4.75. The molecule has 0 aliphatic rings. The average Bonchev–Trinajstić information content (AvgIpc) is 3.43. The summed E-state index contributed by atoms with van der Waals surface area (Å²) < 4.78 is 1.95. The van der Waals surface area contributed by atoms with Gasteiger partial charge in [-0.25, -0.2) is 4.98 Å².